The number of fused-ring (bicyclic) bond motifs is 3. The Morgan fingerprint density at radius 3 is 2.63 bits per heavy atom. The number of nitrogens with one attached hydrogen (secondary N) is 1. The predicted molar refractivity (Wildman–Crippen MR) is 138 cm³/mol. The van der Waals surface area contributed by atoms with Crippen molar-refractivity contribution in [1.29, 1.82) is 0 Å². The largest absolute Gasteiger partial charge is 0.490 e. The van der Waals surface area contributed by atoms with E-state index in [2.05, 4.69) is 29.6 Å². The van der Waals surface area contributed by atoms with Gasteiger partial charge in [0.15, 0.2) is 11.5 Å². The molecule has 0 amide bonds. The molecule has 0 aromatic heterocycles. The molecule has 0 bridgehead atoms. The van der Waals surface area contributed by atoms with Crippen LogP contribution in [-0.2, 0) is 6.61 Å². The smallest absolute Gasteiger partial charge is 0.336 e. The first-order valence-corrected chi connectivity index (χ1v) is 12.3. The van der Waals surface area contributed by atoms with E-state index in [4.69, 9.17) is 21.1 Å². The average Bonchev–Trinajstić information content (AvgIpc) is 3.34. The second-order valence-corrected chi connectivity index (χ2v) is 9.47. The fourth-order valence-corrected chi connectivity index (χ4v) is 5.35. The highest BCUT2D eigenvalue weighted by atomic mass is 35.5. The van der Waals surface area contributed by atoms with Crippen LogP contribution in [0.5, 0.6) is 11.5 Å². The highest BCUT2D eigenvalue weighted by molar-refractivity contribution is 6.30. The molecule has 5 nitrogen and oxygen atoms in total. The molecule has 0 fully saturated rings. The number of carbonyl (C=O) groups is 1. The van der Waals surface area contributed by atoms with Gasteiger partial charge in [-0.2, -0.15) is 0 Å². The zero-order valence-electron chi connectivity index (χ0n) is 19.8. The molecule has 1 aliphatic heterocycles. The Morgan fingerprint density at radius 2 is 1.89 bits per heavy atom. The maximum Gasteiger partial charge on any atom is 0.336 e. The second-order valence-electron chi connectivity index (χ2n) is 9.04. The van der Waals surface area contributed by atoms with Gasteiger partial charge in [-0.05, 0) is 78.8 Å². The Bertz CT molecular complexity index is 1280. The summed E-state index contributed by atoms with van der Waals surface area (Å²) in [5.41, 5.74) is 5.30. The Balaban J connectivity index is 1.46. The van der Waals surface area contributed by atoms with E-state index < -0.39 is 5.97 Å². The van der Waals surface area contributed by atoms with Gasteiger partial charge >= 0.3 is 5.97 Å². The van der Waals surface area contributed by atoms with Crippen molar-refractivity contribution < 1.29 is 19.4 Å². The van der Waals surface area contributed by atoms with Crippen LogP contribution < -0.4 is 14.8 Å². The van der Waals surface area contributed by atoms with Gasteiger partial charge in [-0.3, -0.25) is 0 Å². The number of anilines is 1. The second kappa shape index (κ2) is 9.67. The molecule has 2 aliphatic rings. The van der Waals surface area contributed by atoms with E-state index in [1.165, 1.54) is 0 Å². The van der Waals surface area contributed by atoms with E-state index >= 15 is 0 Å². The minimum Gasteiger partial charge on any atom is -0.490 e. The predicted octanol–water partition coefficient (Wildman–Crippen LogP) is 7.15. The van der Waals surface area contributed by atoms with Crippen LogP contribution in [0.15, 0.2) is 66.7 Å². The van der Waals surface area contributed by atoms with E-state index in [0.29, 0.717) is 41.2 Å². The SMILES string of the molecule is CCOc1cc([C@@H]2Nc3c(ccc(C(=O)O)c3C)[C@@H]3C=CC[C@@H]32)ccc1OCc1ccc(Cl)cc1. The van der Waals surface area contributed by atoms with Gasteiger partial charge in [0.2, 0.25) is 0 Å². The Labute approximate surface area is 210 Å². The van der Waals surface area contributed by atoms with Crippen LogP contribution in [0.4, 0.5) is 5.69 Å². The molecule has 1 heterocycles. The maximum atomic E-state index is 11.7. The topological polar surface area (TPSA) is 67.8 Å². The highest BCUT2D eigenvalue weighted by Crippen LogP contribution is 2.51. The molecular weight excluding hydrogens is 462 g/mol. The minimum atomic E-state index is -0.909. The van der Waals surface area contributed by atoms with Gasteiger partial charge in [-0.1, -0.05) is 48.0 Å². The zero-order chi connectivity index (χ0) is 24.5. The molecule has 3 aromatic carbocycles. The number of benzene rings is 3. The molecule has 0 spiro atoms. The summed E-state index contributed by atoms with van der Waals surface area (Å²) >= 11 is 5.99. The number of ether oxygens (including phenoxy) is 2. The molecule has 0 saturated heterocycles. The minimum absolute atomic E-state index is 0.0229. The van der Waals surface area contributed by atoms with Crippen LogP contribution in [0.25, 0.3) is 0 Å². The van der Waals surface area contributed by atoms with Crippen LogP contribution in [0.3, 0.4) is 0 Å². The monoisotopic (exact) mass is 489 g/mol. The number of hydrogen-bond acceptors (Lipinski definition) is 4. The summed E-state index contributed by atoms with van der Waals surface area (Å²) in [6, 6.07) is 17.4. The normalized spacial score (nSPS) is 20.0. The molecule has 3 aromatic rings. The average molecular weight is 490 g/mol. The molecule has 35 heavy (non-hydrogen) atoms. The lowest BCUT2D eigenvalue weighted by atomic mass is 9.76. The molecule has 1 aliphatic carbocycles. The molecule has 2 N–H and O–H groups in total. The molecule has 180 valence electrons. The fraction of sp³-hybridized carbons (Fsp3) is 0.276. The number of halogens is 1. The third kappa shape index (κ3) is 4.48. The van der Waals surface area contributed by atoms with Gasteiger partial charge in [0, 0.05) is 16.6 Å². The van der Waals surface area contributed by atoms with Gasteiger partial charge in [0.25, 0.3) is 0 Å². The van der Waals surface area contributed by atoms with Gasteiger partial charge in [-0.15, -0.1) is 0 Å². The Hall–Kier alpha value is -3.44. The van der Waals surface area contributed by atoms with Gasteiger partial charge < -0.3 is 19.9 Å². The van der Waals surface area contributed by atoms with E-state index in [9.17, 15) is 9.90 Å². The number of aromatic carboxylic acids is 1. The van der Waals surface area contributed by atoms with Gasteiger partial charge in [0.1, 0.15) is 6.61 Å². The Morgan fingerprint density at radius 1 is 1.09 bits per heavy atom. The third-order valence-electron chi connectivity index (χ3n) is 6.96. The first-order valence-electron chi connectivity index (χ1n) is 11.9. The van der Waals surface area contributed by atoms with Crippen LogP contribution in [0, 0.1) is 12.8 Å². The Kier molecular flexibility index (Phi) is 6.44. The van der Waals surface area contributed by atoms with Crippen LogP contribution in [0.2, 0.25) is 5.02 Å². The zero-order valence-corrected chi connectivity index (χ0v) is 20.5. The van der Waals surface area contributed by atoms with Crippen molar-refractivity contribution in [3.8, 4) is 11.5 Å². The molecular formula is C29H28ClNO4. The van der Waals surface area contributed by atoms with Crippen molar-refractivity contribution in [3.05, 3.63) is 99.6 Å². The van der Waals surface area contributed by atoms with Crippen LogP contribution in [-0.4, -0.2) is 17.7 Å². The number of hydrogen-bond donors (Lipinski definition) is 2. The van der Waals surface area contributed by atoms with Crippen molar-refractivity contribution in [1.82, 2.24) is 0 Å². The molecule has 0 radical (unpaired) electrons. The lowest BCUT2D eigenvalue weighted by molar-refractivity contribution is 0.0696. The summed E-state index contributed by atoms with van der Waals surface area (Å²) in [6.07, 6.45) is 5.44. The van der Waals surface area contributed by atoms with Crippen molar-refractivity contribution in [2.24, 2.45) is 5.92 Å². The summed E-state index contributed by atoms with van der Waals surface area (Å²) in [4.78, 5) is 11.7. The molecule has 0 unspecified atom stereocenters. The lowest BCUT2D eigenvalue weighted by Crippen LogP contribution is -2.30. The number of allylic oxidation sites excluding steroid dienone is 2. The first-order chi connectivity index (χ1) is 17.0. The number of carboxylic acid groups (broad SMARTS) is 1. The van der Waals surface area contributed by atoms with E-state index in [0.717, 1.165) is 34.4 Å². The van der Waals surface area contributed by atoms with Crippen molar-refractivity contribution in [2.45, 2.75) is 38.8 Å². The first kappa shape index (κ1) is 23.3. The van der Waals surface area contributed by atoms with Crippen molar-refractivity contribution >= 4 is 23.3 Å². The quantitative estimate of drug-likeness (QED) is 0.345. The number of rotatable bonds is 7. The molecule has 6 heteroatoms. The molecule has 5 rings (SSSR count). The van der Waals surface area contributed by atoms with E-state index in [1.54, 1.807) is 6.07 Å². The number of carboxylic acids is 1. The standard InChI is InChI=1S/C29H28ClNO4/c1-3-34-26-15-19(9-14-25(26)35-16-18-7-10-20(30)11-8-18)28-23-6-4-5-22(23)24-13-12-21(29(32)33)17(2)27(24)31-28/h4-5,7-15,22-23,28,31H,3,6,16H2,1-2H3,(H,32,33)/t22-,23+,28+/m1/s1. The fourth-order valence-electron chi connectivity index (χ4n) is 5.22. The van der Waals surface area contributed by atoms with Crippen molar-refractivity contribution in [3.63, 3.8) is 0 Å². The van der Waals surface area contributed by atoms with Crippen LogP contribution >= 0.6 is 11.6 Å². The summed E-state index contributed by atoms with van der Waals surface area (Å²) in [7, 11) is 0. The van der Waals surface area contributed by atoms with E-state index in [-0.39, 0.29) is 12.0 Å². The van der Waals surface area contributed by atoms with Crippen LogP contribution in [0.1, 0.15) is 57.9 Å². The summed E-state index contributed by atoms with van der Waals surface area (Å²) in [6.45, 7) is 4.77. The van der Waals surface area contributed by atoms with Crippen molar-refractivity contribution in [2.75, 3.05) is 11.9 Å². The van der Waals surface area contributed by atoms with Gasteiger partial charge in [0.05, 0.1) is 18.2 Å². The summed E-state index contributed by atoms with van der Waals surface area (Å²) < 4.78 is 12.1. The summed E-state index contributed by atoms with van der Waals surface area (Å²) in [5, 5.41) is 14.0. The summed E-state index contributed by atoms with van der Waals surface area (Å²) in [5.74, 6) is 1.06. The van der Waals surface area contributed by atoms with Gasteiger partial charge in [-0.25, -0.2) is 4.79 Å². The molecule has 0 saturated carbocycles. The van der Waals surface area contributed by atoms with E-state index in [1.807, 2.05) is 50.2 Å². The molecule has 3 atom stereocenters. The third-order valence-corrected chi connectivity index (χ3v) is 7.21. The highest BCUT2D eigenvalue weighted by Gasteiger charge is 2.39. The lowest BCUT2D eigenvalue weighted by Gasteiger charge is -2.38. The maximum absolute atomic E-state index is 11.7.